The lowest BCUT2D eigenvalue weighted by atomic mass is 10.0. The number of tetrazole rings is 1. The Hall–Kier alpha value is -3.42. The monoisotopic (exact) mass is 409 g/mol. The lowest BCUT2D eigenvalue weighted by Gasteiger charge is -2.13. The predicted octanol–water partition coefficient (Wildman–Crippen LogP) is 3.39. The van der Waals surface area contributed by atoms with Crippen LogP contribution in [0.3, 0.4) is 0 Å². The molecule has 3 aromatic rings. The number of hydrogen-bond acceptors (Lipinski definition) is 6. The third-order valence-electron chi connectivity index (χ3n) is 4.80. The van der Waals surface area contributed by atoms with Gasteiger partial charge >= 0.3 is 5.69 Å². The van der Waals surface area contributed by atoms with E-state index in [4.69, 9.17) is 9.57 Å². The first-order chi connectivity index (χ1) is 14.5. The van der Waals surface area contributed by atoms with Gasteiger partial charge in [0, 0.05) is 12.6 Å². The average molecular weight is 409 g/mol. The van der Waals surface area contributed by atoms with E-state index in [1.165, 1.54) is 9.36 Å². The van der Waals surface area contributed by atoms with E-state index < -0.39 is 0 Å². The van der Waals surface area contributed by atoms with Crippen LogP contribution < -0.4 is 10.4 Å². The molecule has 0 amide bonds. The molecule has 0 spiro atoms. The average Bonchev–Trinajstić information content (AvgIpc) is 3.08. The van der Waals surface area contributed by atoms with Crippen molar-refractivity contribution in [3.8, 4) is 11.4 Å². The summed E-state index contributed by atoms with van der Waals surface area (Å²) in [4.78, 5) is 17.2. The Balaban J connectivity index is 1.80. The molecule has 0 saturated heterocycles. The number of hydrogen-bond donors (Lipinski definition) is 0. The van der Waals surface area contributed by atoms with Crippen molar-refractivity contribution in [3.63, 3.8) is 0 Å². The third-order valence-corrected chi connectivity index (χ3v) is 4.80. The van der Waals surface area contributed by atoms with Gasteiger partial charge in [0.05, 0.1) is 11.4 Å². The summed E-state index contributed by atoms with van der Waals surface area (Å²) in [7, 11) is 3.13. The Kier molecular flexibility index (Phi) is 7.00. The summed E-state index contributed by atoms with van der Waals surface area (Å²) < 4.78 is 8.53. The number of rotatable bonds is 9. The number of aryl methyl sites for hydroxylation is 2. The van der Waals surface area contributed by atoms with Gasteiger partial charge in [-0.3, -0.25) is 0 Å². The highest BCUT2D eigenvalue weighted by Gasteiger charge is 2.12. The quantitative estimate of drug-likeness (QED) is 0.400. The number of nitrogens with zero attached hydrogens (tertiary/aromatic N) is 5. The zero-order valence-corrected chi connectivity index (χ0v) is 17.8. The third kappa shape index (κ3) is 4.76. The van der Waals surface area contributed by atoms with E-state index in [9.17, 15) is 4.79 Å². The highest BCUT2D eigenvalue weighted by Crippen LogP contribution is 2.23. The summed E-state index contributed by atoms with van der Waals surface area (Å²) in [5, 5.41) is 11.9. The molecule has 1 aromatic heterocycles. The Labute approximate surface area is 175 Å². The van der Waals surface area contributed by atoms with Gasteiger partial charge in [-0.1, -0.05) is 36.7 Å². The first kappa shape index (κ1) is 21.3. The molecule has 1 heterocycles. The van der Waals surface area contributed by atoms with Crippen molar-refractivity contribution in [1.29, 1.82) is 0 Å². The second-order valence-corrected chi connectivity index (χ2v) is 7.02. The molecule has 0 bridgehead atoms. The molecule has 3 rings (SSSR count). The lowest BCUT2D eigenvalue weighted by Crippen LogP contribution is -2.23. The van der Waals surface area contributed by atoms with Gasteiger partial charge in [0.25, 0.3) is 0 Å². The highest BCUT2D eigenvalue weighted by molar-refractivity contribution is 6.00. The molecule has 0 radical (unpaired) electrons. The molecule has 2 aromatic carbocycles. The van der Waals surface area contributed by atoms with Crippen molar-refractivity contribution < 1.29 is 9.57 Å². The number of oxime groups is 1. The smallest absolute Gasteiger partial charge is 0.368 e. The van der Waals surface area contributed by atoms with Crippen LogP contribution >= 0.6 is 0 Å². The van der Waals surface area contributed by atoms with E-state index in [1.54, 1.807) is 14.2 Å². The fourth-order valence-corrected chi connectivity index (χ4v) is 3.15. The summed E-state index contributed by atoms with van der Waals surface area (Å²) >= 11 is 0. The van der Waals surface area contributed by atoms with Crippen LogP contribution in [0.25, 0.3) is 5.69 Å². The van der Waals surface area contributed by atoms with Crippen molar-refractivity contribution in [1.82, 2.24) is 19.8 Å². The van der Waals surface area contributed by atoms with Gasteiger partial charge in [-0.05, 0) is 65.6 Å². The topological polar surface area (TPSA) is 83.5 Å². The molecule has 0 aliphatic carbocycles. The SMILES string of the molecule is CCCCC(=NOC)c1ccc(OCc2ccccc2-n2nnn(C)c2=O)c(C)c1. The molecular weight excluding hydrogens is 382 g/mol. The fourth-order valence-electron chi connectivity index (χ4n) is 3.15. The minimum atomic E-state index is -0.306. The van der Waals surface area contributed by atoms with Crippen molar-refractivity contribution in [2.45, 2.75) is 39.7 Å². The highest BCUT2D eigenvalue weighted by atomic mass is 16.6. The van der Waals surface area contributed by atoms with Crippen LogP contribution in [0, 0.1) is 6.92 Å². The normalized spacial score (nSPS) is 11.5. The summed E-state index contributed by atoms with van der Waals surface area (Å²) in [6.07, 6.45) is 3.01. The molecule has 0 aliphatic rings. The molecule has 0 unspecified atom stereocenters. The van der Waals surface area contributed by atoms with E-state index in [-0.39, 0.29) is 5.69 Å². The second kappa shape index (κ2) is 9.87. The maximum absolute atomic E-state index is 12.2. The summed E-state index contributed by atoms with van der Waals surface area (Å²) in [5.74, 6) is 0.771. The van der Waals surface area contributed by atoms with Crippen LogP contribution in [-0.4, -0.2) is 32.6 Å². The van der Waals surface area contributed by atoms with E-state index in [1.807, 2.05) is 43.3 Å². The Bertz CT molecular complexity index is 1080. The molecule has 0 aliphatic heterocycles. The molecule has 8 heteroatoms. The first-order valence-corrected chi connectivity index (χ1v) is 9.96. The van der Waals surface area contributed by atoms with Gasteiger partial charge in [0.2, 0.25) is 0 Å². The summed E-state index contributed by atoms with van der Waals surface area (Å²) in [5.41, 5.74) is 4.15. The number of para-hydroxylation sites is 1. The van der Waals surface area contributed by atoms with Crippen LogP contribution in [0.2, 0.25) is 0 Å². The van der Waals surface area contributed by atoms with Gasteiger partial charge in [-0.25, -0.2) is 4.79 Å². The molecular formula is C22H27N5O3. The van der Waals surface area contributed by atoms with E-state index >= 15 is 0 Å². The van der Waals surface area contributed by atoms with Crippen molar-refractivity contribution in [2.24, 2.45) is 12.2 Å². The summed E-state index contributed by atoms with van der Waals surface area (Å²) in [6, 6.07) is 13.5. The van der Waals surface area contributed by atoms with Crippen LogP contribution in [0.5, 0.6) is 5.75 Å². The first-order valence-electron chi connectivity index (χ1n) is 9.96. The molecule has 0 saturated carbocycles. The Morgan fingerprint density at radius 1 is 1.17 bits per heavy atom. The molecule has 0 N–H and O–H groups in total. The largest absolute Gasteiger partial charge is 0.489 e. The molecule has 158 valence electrons. The zero-order chi connectivity index (χ0) is 21.5. The van der Waals surface area contributed by atoms with Crippen molar-refractivity contribution >= 4 is 5.71 Å². The van der Waals surface area contributed by atoms with Crippen LogP contribution in [-0.2, 0) is 18.5 Å². The van der Waals surface area contributed by atoms with Gasteiger partial charge in [-0.15, -0.1) is 0 Å². The fraction of sp³-hybridized carbons (Fsp3) is 0.364. The van der Waals surface area contributed by atoms with Crippen LogP contribution in [0.4, 0.5) is 0 Å². The Morgan fingerprint density at radius 3 is 2.63 bits per heavy atom. The number of ether oxygens (including phenoxy) is 1. The van der Waals surface area contributed by atoms with Gasteiger partial charge < -0.3 is 9.57 Å². The lowest BCUT2D eigenvalue weighted by molar-refractivity contribution is 0.212. The molecule has 0 fully saturated rings. The standard InChI is InChI=1S/C22H27N5O3/c1-5-6-10-19(23-29-4)17-12-13-21(16(2)14-17)30-15-18-9-7-8-11-20(18)27-22(28)26(3)24-25-27/h7-9,11-14H,5-6,10,15H2,1-4H3. The number of benzene rings is 2. The van der Waals surface area contributed by atoms with Gasteiger partial charge in [-0.2, -0.15) is 9.36 Å². The minimum absolute atomic E-state index is 0.300. The van der Waals surface area contributed by atoms with Gasteiger partial charge in [0.15, 0.2) is 0 Å². The molecule has 30 heavy (non-hydrogen) atoms. The van der Waals surface area contributed by atoms with E-state index in [0.717, 1.165) is 47.4 Å². The van der Waals surface area contributed by atoms with Gasteiger partial charge in [0.1, 0.15) is 19.5 Å². The van der Waals surface area contributed by atoms with Crippen molar-refractivity contribution in [2.75, 3.05) is 7.11 Å². The van der Waals surface area contributed by atoms with E-state index in [0.29, 0.717) is 12.3 Å². The van der Waals surface area contributed by atoms with Crippen LogP contribution in [0.1, 0.15) is 42.9 Å². The maximum atomic E-state index is 12.2. The second-order valence-electron chi connectivity index (χ2n) is 7.02. The number of unbranched alkanes of at least 4 members (excludes halogenated alkanes) is 1. The number of aromatic nitrogens is 4. The van der Waals surface area contributed by atoms with Crippen LogP contribution in [0.15, 0.2) is 52.4 Å². The predicted molar refractivity (Wildman–Crippen MR) is 115 cm³/mol. The minimum Gasteiger partial charge on any atom is -0.489 e. The van der Waals surface area contributed by atoms with Crippen molar-refractivity contribution in [3.05, 3.63) is 69.6 Å². The maximum Gasteiger partial charge on any atom is 0.368 e. The van der Waals surface area contributed by atoms with E-state index in [2.05, 4.69) is 28.6 Å². The summed E-state index contributed by atoms with van der Waals surface area (Å²) in [6.45, 7) is 4.45. The zero-order valence-electron chi connectivity index (χ0n) is 17.8. The molecule has 8 nitrogen and oxygen atoms in total. The Morgan fingerprint density at radius 2 is 1.97 bits per heavy atom. The molecule has 0 atom stereocenters.